The van der Waals surface area contributed by atoms with Gasteiger partial charge in [-0.1, -0.05) is 6.92 Å². The Hall–Kier alpha value is -0.860. The summed E-state index contributed by atoms with van der Waals surface area (Å²) in [5, 5.41) is 0. The van der Waals surface area contributed by atoms with E-state index in [4.69, 9.17) is 4.74 Å². The SMILES string of the molecule is CCCC(=O)OC(=O)C12CC3CC(CC(C3)C1)C2. The zero-order valence-electron chi connectivity index (χ0n) is 11.1. The van der Waals surface area contributed by atoms with Crippen molar-refractivity contribution < 1.29 is 14.3 Å². The Bertz CT molecular complexity index is 337. The van der Waals surface area contributed by atoms with Gasteiger partial charge in [0.05, 0.1) is 5.41 Å². The lowest BCUT2D eigenvalue weighted by Gasteiger charge is -2.54. The van der Waals surface area contributed by atoms with Crippen LogP contribution >= 0.6 is 0 Å². The molecule has 0 N–H and O–H groups in total. The van der Waals surface area contributed by atoms with Gasteiger partial charge in [-0.15, -0.1) is 0 Å². The van der Waals surface area contributed by atoms with E-state index >= 15 is 0 Å². The molecule has 0 aromatic heterocycles. The summed E-state index contributed by atoms with van der Waals surface area (Å²) in [5.74, 6) is 1.60. The second-order valence-corrected chi connectivity index (χ2v) is 6.71. The van der Waals surface area contributed by atoms with Crippen molar-refractivity contribution in [2.45, 2.75) is 58.3 Å². The standard InChI is InChI=1S/C15H22O3/c1-2-3-13(16)18-14(17)15-7-10-4-11(8-15)6-12(5-10)9-15/h10-12H,2-9H2,1H3. The van der Waals surface area contributed by atoms with E-state index in [1.165, 1.54) is 19.3 Å². The van der Waals surface area contributed by atoms with Gasteiger partial charge in [-0.3, -0.25) is 9.59 Å². The van der Waals surface area contributed by atoms with Crippen LogP contribution in [0.5, 0.6) is 0 Å². The molecule has 0 amide bonds. The Labute approximate surface area is 108 Å². The van der Waals surface area contributed by atoms with Gasteiger partial charge in [0.1, 0.15) is 0 Å². The van der Waals surface area contributed by atoms with E-state index in [2.05, 4.69) is 0 Å². The lowest BCUT2D eigenvalue weighted by atomic mass is 9.49. The molecule has 0 unspecified atom stereocenters. The van der Waals surface area contributed by atoms with E-state index in [1.54, 1.807) is 0 Å². The van der Waals surface area contributed by atoms with Crippen molar-refractivity contribution in [1.29, 1.82) is 0 Å². The summed E-state index contributed by atoms with van der Waals surface area (Å²) in [5.41, 5.74) is -0.294. The summed E-state index contributed by atoms with van der Waals surface area (Å²) >= 11 is 0. The van der Waals surface area contributed by atoms with Crippen LogP contribution in [0.2, 0.25) is 0 Å². The van der Waals surface area contributed by atoms with Crippen molar-refractivity contribution in [1.82, 2.24) is 0 Å². The first-order valence-electron chi connectivity index (χ1n) is 7.36. The summed E-state index contributed by atoms with van der Waals surface area (Å²) < 4.78 is 5.10. The fourth-order valence-electron chi connectivity index (χ4n) is 4.83. The highest BCUT2D eigenvalue weighted by Crippen LogP contribution is 2.60. The van der Waals surface area contributed by atoms with Crippen LogP contribution in [-0.4, -0.2) is 11.9 Å². The molecule has 4 aliphatic rings. The lowest BCUT2D eigenvalue weighted by Crippen LogP contribution is -2.50. The molecule has 0 aromatic carbocycles. The summed E-state index contributed by atoms with van der Waals surface area (Å²) in [7, 11) is 0. The lowest BCUT2D eigenvalue weighted by molar-refractivity contribution is -0.178. The second kappa shape index (κ2) is 4.36. The summed E-state index contributed by atoms with van der Waals surface area (Å²) in [6.07, 6.45) is 7.91. The fraction of sp³-hybridized carbons (Fsp3) is 0.867. The van der Waals surface area contributed by atoms with Gasteiger partial charge in [0.25, 0.3) is 0 Å². The Morgan fingerprint density at radius 3 is 2.00 bits per heavy atom. The normalized spacial score (nSPS) is 40.8. The molecular formula is C15H22O3. The Kier molecular flexibility index (Phi) is 2.95. The molecule has 4 saturated carbocycles. The first-order chi connectivity index (χ1) is 8.61. The molecule has 4 bridgehead atoms. The van der Waals surface area contributed by atoms with E-state index in [1.807, 2.05) is 6.92 Å². The van der Waals surface area contributed by atoms with Gasteiger partial charge in [0.2, 0.25) is 0 Å². The Balaban J connectivity index is 1.71. The van der Waals surface area contributed by atoms with Crippen molar-refractivity contribution in [3.63, 3.8) is 0 Å². The molecule has 100 valence electrons. The second-order valence-electron chi connectivity index (χ2n) is 6.71. The third kappa shape index (κ3) is 1.98. The minimum atomic E-state index is -0.335. The van der Waals surface area contributed by atoms with E-state index in [0.29, 0.717) is 24.2 Å². The molecule has 0 aliphatic heterocycles. The maximum atomic E-state index is 12.3. The molecule has 4 fully saturated rings. The number of hydrogen-bond acceptors (Lipinski definition) is 3. The number of esters is 2. The highest BCUT2D eigenvalue weighted by atomic mass is 16.6. The number of carbonyl (C=O) groups is 2. The van der Waals surface area contributed by atoms with Gasteiger partial charge in [0.15, 0.2) is 0 Å². The predicted octanol–water partition coefficient (Wildman–Crippen LogP) is 3.07. The number of ether oxygens (including phenoxy) is 1. The van der Waals surface area contributed by atoms with Crippen LogP contribution < -0.4 is 0 Å². The Morgan fingerprint density at radius 1 is 1.06 bits per heavy atom. The van der Waals surface area contributed by atoms with Gasteiger partial charge in [0, 0.05) is 6.42 Å². The molecule has 0 atom stereocenters. The van der Waals surface area contributed by atoms with Crippen LogP contribution in [0.25, 0.3) is 0 Å². The van der Waals surface area contributed by atoms with Crippen LogP contribution in [0.4, 0.5) is 0 Å². The van der Waals surface area contributed by atoms with Crippen molar-refractivity contribution in [2.75, 3.05) is 0 Å². The fourth-order valence-corrected chi connectivity index (χ4v) is 4.83. The molecule has 4 aliphatic carbocycles. The highest BCUT2D eigenvalue weighted by molar-refractivity contribution is 5.89. The minimum Gasteiger partial charge on any atom is -0.393 e. The summed E-state index contributed by atoms with van der Waals surface area (Å²) in [6.45, 7) is 1.93. The topological polar surface area (TPSA) is 43.4 Å². The summed E-state index contributed by atoms with van der Waals surface area (Å²) in [4.78, 5) is 23.8. The zero-order valence-corrected chi connectivity index (χ0v) is 11.1. The molecule has 0 aromatic rings. The summed E-state index contributed by atoms with van der Waals surface area (Å²) in [6, 6.07) is 0. The number of hydrogen-bond donors (Lipinski definition) is 0. The molecule has 4 rings (SSSR count). The van der Waals surface area contributed by atoms with Crippen LogP contribution in [0.15, 0.2) is 0 Å². The van der Waals surface area contributed by atoms with Crippen molar-refractivity contribution in [3.8, 4) is 0 Å². The van der Waals surface area contributed by atoms with Gasteiger partial charge >= 0.3 is 11.9 Å². The van der Waals surface area contributed by atoms with Crippen LogP contribution in [-0.2, 0) is 14.3 Å². The number of rotatable bonds is 3. The Morgan fingerprint density at radius 2 is 1.56 bits per heavy atom. The van der Waals surface area contributed by atoms with E-state index in [0.717, 1.165) is 25.7 Å². The number of carbonyl (C=O) groups excluding carboxylic acids is 2. The van der Waals surface area contributed by atoms with Gasteiger partial charge in [-0.25, -0.2) is 0 Å². The monoisotopic (exact) mass is 250 g/mol. The molecule has 0 saturated heterocycles. The van der Waals surface area contributed by atoms with Crippen LogP contribution in [0.1, 0.15) is 58.3 Å². The van der Waals surface area contributed by atoms with E-state index in [-0.39, 0.29) is 17.4 Å². The first-order valence-corrected chi connectivity index (χ1v) is 7.36. The van der Waals surface area contributed by atoms with Gasteiger partial charge in [-0.05, 0) is 62.7 Å². The third-order valence-corrected chi connectivity index (χ3v) is 5.13. The van der Waals surface area contributed by atoms with Crippen LogP contribution in [0.3, 0.4) is 0 Å². The van der Waals surface area contributed by atoms with E-state index < -0.39 is 0 Å². The first kappa shape index (κ1) is 12.2. The van der Waals surface area contributed by atoms with Crippen molar-refractivity contribution in [2.24, 2.45) is 23.2 Å². The largest absolute Gasteiger partial charge is 0.393 e. The van der Waals surface area contributed by atoms with E-state index in [9.17, 15) is 9.59 Å². The average Bonchev–Trinajstić information content (AvgIpc) is 2.27. The molecule has 0 spiro atoms. The maximum absolute atomic E-state index is 12.3. The molecule has 0 heterocycles. The highest BCUT2D eigenvalue weighted by Gasteiger charge is 2.55. The molecule has 0 radical (unpaired) electrons. The van der Waals surface area contributed by atoms with Crippen LogP contribution in [0, 0.1) is 23.2 Å². The predicted molar refractivity (Wildman–Crippen MR) is 66.6 cm³/mol. The van der Waals surface area contributed by atoms with Crippen molar-refractivity contribution in [3.05, 3.63) is 0 Å². The molecule has 18 heavy (non-hydrogen) atoms. The minimum absolute atomic E-state index is 0.208. The average molecular weight is 250 g/mol. The third-order valence-electron chi connectivity index (χ3n) is 5.13. The zero-order chi connectivity index (χ0) is 12.8. The molecule has 3 heteroatoms. The van der Waals surface area contributed by atoms with Crippen molar-refractivity contribution >= 4 is 11.9 Å². The molecule has 3 nitrogen and oxygen atoms in total. The van der Waals surface area contributed by atoms with Gasteiger partial charge in [-0.2, -0.15) is 0 Å². The molecular weight excluding hydrogens is 228 g/mol. The van der Waals surface area contributed by atoms with Gasteiger partial charge < -0.3 is 4.74 Å². The smallest absolute Gasteiger partial charge is 0.319 e. The maximum Gasteiger partial charge on any atom is 0.319 e. The quantitative estimate of drug-likeness (QED) is 0.571.